The minimum absolute atomic E-state index is 0.400. The van der Waals surface area contributed by atoms with Gasteiger partial charge in [-0.2, -0.15) is 10.2 Å². The van der Waals surface area contributed by atoms with Gasteiger partial charge in [0.25, 0.3) is 0 Å². The van der Waals surface area contributed by atoms with E-state index in [9.17, 15) is 5.11 Å². The zero-order chi connectivity index (χ0) is 13.9. The molecule has 0 saturated carbocycles. The predicted molar refractivity (Wildman–Crippen MR) is 75.0 cm³/mol. The van der Waals surface area contributed by atoms with Crippen LogP contribution < -0.4 is 0 Å². The van der Waals surface area contributed by atoms with Gasteiger partial charge >= 0.3 is 0 Å². The van der Waals surface area contributed by atoms with E-state index < -0.39 is 12.3 Å². The second-order valence-electron chi connectivity index (χ2n) is 4.74. The van der Waals surface area contributed by atoms with E-state index in [0.29, 0.717) is 0 Å². The zero-order valence-corrected chi connectivity index (χ0v) is 11.2. The van der Waals surface area contributed by atoms with Crippen molar-refractivity contribution in [3.05, 3.63) is 72.3 Å². The molecule has 1 atom stereocenters. The highest BCUT2D eigenvalue weighted by molar-refractivity contribution is 5.24. The molecule has 102 valence electrons. The highest BCUT2D eigenvalue weighted by atomic mass is 16.3. The molecule has 5 heteroatoms. The van der Waals surface area contributed by atoms with Crippen molar-refractivity contribution in [1.82, 2.24) is 19.6 Å². The summed E-state index contributed by atoms with van der Waals surface area (Å²) in [5.41, 5.74) is 2.00. The number of hydrogen-bond donors (Lipinski definition) is 1. The maximum Gasteiger partial charge on any atom is 0.173 e. The maximum atomic E-state index is 10.7. The first-order valence-corrected chi connectivity index (χ1v) is 6.48. The van der Waals surface area contributed by atoms with E-state index in [0.717, 1.165) is 11.1 Å². The van der Waals surface area contributed by atoms with E-state index in [4.69, 9.17) is 0 Å². The van der Waals surface area contributed by atoms with E-state index in [-0.39, 0.29) is 0 Å². The van der Waals surface area contributed by atoms with Crippen molar-refractivity contribution in [3.63, 3.8) is 0 Å². The Morgan fingerprint density at radius 3 is 1.95 bits per heavy atom. The average molecular weight is 268 g/mol. The number of hydrogen-bond acceptors (Lipinski definition) is 3. The Balaban J connectivity index is 1.99. The number of aliphatic hydroxyl groups excluding tert-OH is 1. The summed E-state index contributed by atoms with van der Waals surface area (Å²) in [5, 5.41) is 19.2. The SMILES string of the molecule is Cc1ccc(C(O)C(n2cccn2)n2cccn2)cc1. The highest BCUT2D eigenvalue weighted by Gasteiger charge is 2.25. The van der Waals surface area contributed by atoms with E-state index >= 15 is 0 Å². The Morgan fingerprint density at radius 2 is 1.50 bits per heavy atom. The second kappa shape index (κ2) is 5.30. The molecule has 0 amide bonds. The van der Waals surface area contributed by atoms with Gasteiger partial charge in [0, 0.05) is 24.8 Å². The number of aryl methyl sites for hydroxylation is 1. The fourth-order valence-corrected chi connectivity index (χ4v) is 2.22. The lowest BCUT2D eigenvalue weighted by Crippen LogP contribution is -2.26. The summed E-state index contributed by atoms with van der Waals surface area (Å²) in [6.45, 7) is 2.02. The zero-order valence-electron chi connectivity index (χ0n) is 11.2. The van der Waals surface area contributed by atoms with Gasteiger partial charge in [-0.3, -0.25) is 0 Å². The lowest BCUT2D eigenvalue weighted by Gasteiger charge is -2.24. The average Bonchev–Trinajstić information content (AvgIpc) is 3.13. The summed E-state index contributed by atoms with van der Waals surface area (Å²) < 4.78 is 3.41. The molecular formula is C15H16N4O. The minimum Gasteiger partial charge on any atom is -0.384 e. The van der Waals surface area contributed by atoms with E-state index in [1.54, 1.807) is 21.8 Å². The van der Waals surface area contributed by atoms with Crippen LogP contribution in [-0.2, 0) is 0 Å². The summed E-state index contributed by atoms with van der Waals surface area (Å²) in [6.07, 6.45) is 5.91. The fraction of sp³-hybridized carbons (Fsp3) is 0.200. The molecule has 3 rings (SSSR count). The quantitative estimate of drug-likeness (QED) is 0.789. The molecule has 3 aromatic rings. The van der Waals surface area contributed by atoms with Crippen molar-refractivity contribution in [3.8, 4) is 0 Å². The normalized spacial score (nSPS) is 12.8. The fourth-order valence-electron chi connectivity index (χ4n) is 2.22. The van der Waals surface area contributed by atoms with Crippen LogP contribution in [0.1, 0.15) is 23.4 Å². The predicted octanol–water partition coefficient (Wildman–Crippen LogP) is 2.17. The standard InChI is InChI=1S/C15H16N4O/c1-12-4-6-13(7-5-12)14(20)15(18-10-2-8-16-18)19-11-3-9-17-19/h2-11,14-15,20H,1H3. The summed E-state index contributed by atoms with van der Waals surface area (Å²) >= 11 is 0. The van der Waals surface area contributed by atoms with Crippen molar-refractivity contribution >= 4 is 0 Å². The van der Waals surface area contributed by atoms with Crippen LogP contribution in [0.2, 0.25) is 0 Å². The number of aromatic nitrogens is 4. The van der Waals surface area contributed by atoms with Crippen LogP contribution in [0, 0.1) is 6.92 Å². The summed E-state index contributed by atoms with van der Waals surface area (Å²) in [7, 11) is 0. The van der Waals surface area contributed by atoms with Crippen molar-refractivity contribution < 1.29 is 5.11 Å². The minimum atomic E-state index is -0.726. The van der Waals surface area contributed by atoms with Gasteiger partial charge in [0.2, 0.25) is 0 Å². The van der Waals surface area contributed by atoms with Gasteiger partial charge in [-0.05, 0) is 24.6 Å². The van der Waals surface area contributed by atoms with Crippen LogP contribution in [0.3, 0.4) is 0 Å². The number of benzene rings is 1. The van der Waals surface area contributed by atoms with Crippen LogP contribution in [0.25, 0.3) is 0 Å². The smallest absolute Gasteiger partial charge is 0.173 e. The number of rotatable bonds is 4. The third-order valence-corrected chi connectivity index (χ3v) is 3.29. The second-order valence-corrected chi connectivity index (χ2v) is 4.74. The molecule has 0 aliphatic heterocycles. The molecule has 5 nitrogen and oxygen atoms in total. The van der Waals surface area contributed by atoms with Gasteiger partial charge in [0.1, 0.15) is 6.10 Å². The third-order valence-electron chi connectivity index (χ3n) is 3.29. The summed E-state index contributed by atoms with van der Waals surface area (Å²) in [4.78, 5) is 0. The summed E-state index contributed by atoms with van der Waals surface area (Å²) in [6, 6.07) is 11.5. The van der Waals surface area contributed by atoms with E-state index in [1.807, 2.05) is 55.7 Å². The Labute approximate surface area is 117 Å². The first kappa shape index (κ1) is 12.6. The Kier molecular flexibility index (Phi) is 3.35. The molecule has 0 fully saturated rings. The van der Waals surface area contributed by atoms with Crippen molar-refractivity contribution in [2.45, 2.75) is 19.2 Å². The monoisotopic (exact) mass is 268 g/mol. The first-order valence-electron chi connectivity index (χ1n) is 6.48. The van der Waals surface area contributed by atoms with Crippen LogP contribution in [0.4, 0.5) is 0 Å². The molecule has 0 saturated heterocycles. The van der Waals surface area contributed by atoms with Crippen LogP contribution in [0.15, 0.2) is 61.2 Å². The van der Waals surface area contributed by atoms with Crippen molar-refractivity contribution in [2.75, 3.05) is 0 Å². The number of aliphatic hydroxyl groups is 1. The van der Waals surface area contributed by atoms with Gasteiger partial charge < -0.3 is 5.11 Å². The summed E-state index contributed by atoms with van der Waals surface area (Å²) in [5.74, 6) is 0. The van der Waals surface area contributed by atoms with Gasteiger partial charge in [0.05, 0.1) is 0 Å². The molecule has 1 N–H and O–H groups in total. The largest absolute Gasteiger partial charge is 0.384 e. The molecule has 1 unspecified atom stereocenters. The molecule has 2 aromatic heterocycles. The molecule has 0 radical (unpaired) electrons. The molecule has 1 aromatic carbocycles. The topological polar surface area (TPSA) is 55.9 Å². The highest BCUT2D eigenvalue weighted by Crippen LogP contribution is 2.26. The molecule has 20 heavy (non-hydrogen) atoms. The van der Waals surface area contributed by atoms with Gasteiger partial charge in [-0.1, -0.05) is 29.8 Å². The van der Waals surface area contributed by atoms with E-state index in [2.05, 4.69) is 10.2 Å². The molecular weight excluding hydrogens is 252 g/mol. The van der Waals surface area contributed by atoms with Gasteiger partial charge in [-0.15, -0.1) is 0 Å². The van der Waals surface area contributed by atoms with Gasteiger partial charge in [0.15, 0.2) is 6.17 Å². The molecule has 0 bridgehead atoms. The molecule has 0 aliphatic rings. The van der Waals surface area contributed by atoms with Crippen molar-refractivity contribution in [1.29, 1.82) is 0 Å². The third kappa shape index (κ3) is 2.35. The lowest BCUT2D eigenvalue weighted by atomic mass is 10.1. The van der Waals surface area contributed by atoms with Crippen LogP contribution in [0.5, 0.6) is 0 Å². The first-order chi connectivity index (χ1) is 9.75. The number of nitrogens with zero attached hydrogens (tertiary/aromatic N) is 4. The van der Waals surface area contributed by atoms with Crippen LogP contribution >= 0.6 is 0 Å². The van der Waals surface area contributed by atoms with Gasteiger partial charge in [-0.25, -0.2) is 9.36 Å². The Morgan fingerprint density at radius 1 is 0.950 bits per heavy atom. The molecule has 2 heterocycles. The molecule has 0 aliphatic carbocycles. The Bertz CT molecular complexity index is 610. The molecule has 0 spiro atoms. The maximum absolute atomic E-state index is 10.7. The Hall–Kier alpha value is -2.40. The lowest BCUT2D eigenvalue weighted by molar-refractivity contribution is 0.0825. The van der Waals surface area contributed by atoms with E-state index in [1.165, 1.54) is 0 Å². The van der Waals surface area contributed by atoms with Crippen molar-refractivity contribution in [2.24, 2.45) is 0 Å². The van der Waals surface area contributed by atoms with Crippen LogP contribution in [-0.4, -0.2) is 24.7 Å².